The van der Waals surface area contributed by atoms with Gasteiger partial charge in [-0.2, -0.15) is 0 Å². The number of carbonyl (C=O) groups is 1. The molecule has 2 aromatic rings. The van der Waals surface area contributed by atoms with Gasteiger partial charge >= 0.3 is 6.09 Å². The van der Waals surface area contributed by atoms with Gasteiger partial charge in [-0.1, -0.05) is 81.4 Å². The Bertz CT molecular complexity index is 869. The van der Waals surface area contributed by atoms with Crippen LogP contribution in [0.3, 0.4) is 0 Å². The molecule has 0 radical (unpaired) electrons. The fourth-order valence-corrected chi connectivity index (χ4v) is 9.48. The molecule has 0 aromatic heterocycles. The first-order valence-corrected chi connectivity index (χ1v) is 13.8. The summed E-state index contributed by atoms with van der Waals surface area (Å²) in [4.78, 5) is 12.2. The lowest BCUT2D eigenvalue weighted by Gasteiger charge is -2.46. The van der Waals surface area contributed by atoms with Crippen molar-refractivity contribution in [3.63, 3.8) is 0 Å². The van der Waals surface area contributed by atoms with Crippen LogP contribution in [0.4, 0.5) is 9.18 Å². The van der Waals surface area contributed by atoms with Gasteiger partial charge in [-0.15, -0.1) is 0 Å². The number of amides is 1. The van der Waals surface area contributed by atoms with Gasteiger partial charge in [0.05, 0.1) is 6.04 Å². The average Bonchev–Trinajstić information content (AvgIpc) is 2.73. The number of halogens is 1. The number of alkyl carbamates (subject to hydrolysis) is 1. The number of carbonyl (C=O) groups excluding carboxylic acids is 1. The molecule has 0 spiro atoms. The van der Waals surface area contributed by atoms with Gasteiger partial charge in [0.2, 0.25) is 0 Å². The minimum Gasteiger partial charge on any atom is -0.444 e. The van der Waals surface area contributed by atoms with Crippen molar-refractivity contribution in [3.8, 4) is 0 Å². The first-order chi connectivity index (χ1) is 15.4. The van der Waals surface area contributed by atoms with Crippen molar-refractivity contribution in [2.75, 3.05) is 0 Å². The van der Waals surface area contributed by atoms with E-state index >= 15 is 4.39 Å². The highest BCUT2D eigenvalue weighted by Crippen LogP contribution is 2.39. The van der Waals surface area contributed by atoms with Gasteiger partial charge in [0, 0.05) is 12.5 Å². The van der Waals surface area contributed by atoms with Crippen LogP contribution in [0, 0.1) is 0 Å². The summed E-state index contributed by atoms with van der Waals surface area (Å²) in [5.74, 6) is 0. The van der Waals surface area contributed by atoms with E-state index in [0.29, 0.717) is 12.8 Å². The fraction of sp³-hybridized carbons (Fsp3) is 0.519. The lowest BCUT2D eigenvalue weighted by Crippen LogP contribution is -2.68. The summed E-state index contributed by atoms with van der Waals surface area (Å²) in [5.41, 5.74) is -0.612. The predicted octanol–water partition coefficient (Wildman–Crippen LogP) is 5.35. The van der Waals surface area contributed by atoms with E-state index in [9.17, 15) is 4.79 Å². The molecule has 1 amide bonds. The molecule has 3 rings (SSSR count). The van der Waals surface area contributed by atoms with Gasteiger partial charge in [0.1, 0.15) is 11.8 Å². The second-order valence-corrected chi connectivity index (χ2v) is 15.2. The Morgan fingerprint density at radius 3 is 1.85 bits per heavy atom. The second-order valence-electron chi connectivity index (χ2n) is 11.0. The number of rotatable bonds is 5. The Kier molecular flexibility index (Phi) is 7.69. The van der Waals surface area contributed by atoms with Crippen LogP contribution in [0.5, 0.6) is 0 Å². The van der Waals surface area contributed by atoms with E-state index in [1.807, 2.05) is 12.1 Å². The third kappa shape index (κ3) is 6.04. The number of nitrogens with one attached hydrogen (secondary N) is 1. The molecule has 1 aliphatic rings. The highest BCUT2D eigenvalue weighted by Gasteiger charge is 2.52. The molecule has 180 valence electrons. The fourth-order valence-electron chi connectivity index (χ4n) is 4.75. The third-order valence-corrected chi connectivity index (χ3v) is 11.3. The molecule has 33 heavy (non-hydrogen) atoms. The molecule has 4 nitrogen and oxygen atoms in total. The Morgan fingerprint density at radius 2 is 1.42 bits per heavy atom. The maximum absolute atomic E-state index is 15.2. The average molecular weight is 472 g/mol. The number of hydrogen-bond acceptors (Lipinski definition) is 3. The predicted molar refractivity (Wildman–Crippen MR) is 134 cm³/mol. The molecule has 2 aromatic carbocycles. The molecule has 0 bridgehead atoms. The van der Waals surface area contributed by atoms with Crippen molar-refractivity contribution in [1.29, 1.82) is 0 Å². The minimum absolute atomic E-state index is 0.160. The highest BCUT2D eigenvalue weighted by atomic mass is 28.4. The maximum atomic E-state index is 15.2. The van der Waals surface area contributed by atoms with E-state index in [2.05, 4.69) is 74.6 Å². The van der Waals surface area contributed by atoms with Gasteiger partial charge in [0.25, 0.3) is 8.32 Å². The molecule has 3 atom stereocenters. The molecular formula is C27H38FNO3Si. The van der Waals surface area contributed by atoms with Crippen LogP contribution in [-0.4, -0.2) is 38.3 Å². The van der Waals surface area contributed by atoms with Crippen LogP contribution in [0.25, 0.3) is 0 Å². The summed E-state index contributed by atoms with van der Waals surface area (Å²) in [6.45, 7) is 12.1. The number of alkyl halides is 1. The van der Waals surface area contributed by atoms with E-state index in [1.54, 1.807) is 20.8 Å². The lowest BCUT2D eigenvalue weighted by atomic mass is 9.91. The molecule has 1 aliphatic carbocycles. The van der Waals surface area contributed by atoms with Gasteiger partial charge in [-0.05, 0) is 49.0 Å². The van der Waals surface area contributed by atoms with Crippen LogP contribution >= 0.6 is 0 Å². The largest absolute Gasteiger partial charge is 0.444 e. The van der Waals surface area contributed by atoms with Crippen LogP contribution < -0.4 is 15.7 Å². The van der Waals surface area contributed by atoms with Crippen LogP contribution in [0.1, 0.15) is 60.8 Å². The molecule has 1 N–H and O–H groups in total. The molecule has 0 heterocycles. The first-order valence-electron chi connectivity index (χ1n) is 11.8. The summed E-state index contributed by atoms with van der Waals surface area (Å²) >= 11 is 0. The zero-order valence-electron chi connectivity index (χ0n) is 20.7. The summed E-state index contributed by atoms with van der Waals surface area (Å²) in [5, 5.41) is 4.94. The minimum atomic E-state index is -2.73. The standard InChI is InChI=1S/C27H38FNO3Si/c1-26(2,3)31-25(30)29-24-18-17-20(19-23(24)28)32-33(27(4,5)6,21-13-9-7-10-14-21)22-15-11-8-12-16-22/h7-16,20,23-24H,17-19H2,1-6H3,(H,29,30)/t20-,23+,24+/m1/s1. The van der Waals surface area contributed by atoms with Crippen molar-refractivity contribution < 1.29 is 18.3 Å². The van der Waals surface area contributed by atoms with Crippen LogP contribution in [0.15, 0.2) is 60.7 Å². The van der Waals surface area contributed by atoms with Crippen molar-refractivity contribution in [2.45, 2.75) is 89.8 Å². The van der Waals surface area contributed by atoms with Gasteiger partial charge in [-0.3, -0.25) is 0 Å². The molecule has 1 saturated carbocycles. The van der Waals surface area contributed by atoms with E-state index in [1.165, 1.54) is 10.4 Å². The molecular weight excluding hydrogens is 433 g/mol. The molecule has 0 aliphatic heterocycles. The first kappa shape index (κ1) is 25.4. The summed E-state index contributed by atoms with van der Waals surface area (Å²) in [6.07, 6.45) is -0.515. The van der Waals surface area contributed by atoms with Gasteiger partial charge < -0.3 is 14.5 Å². The van der Waals surface area contributed by atoms with Crippen molar-refractivity contribution in [2.24, 2.45) is 0 Å². The Hall–Kier alpha value is -2.18. The summed E-state index contributed by atoms with van der Waals surface area (Å²) in [6, 6.07) is 20.3. The van der Waals surface area contributed by atoms with Gasteiger partial charge in [0.15, 0.2) is 0 Å². The Balaban J connectivity index is 1.85. The molecule has 6 heteroatoms. The second kappa shape index (κ2) is 9.98. The van der Waals surface area contributed by atoms with Crippen molar-refractivity contribution >= 4 is 24.8 Å². The summed E-state index contributed by atoms with van der Waals surface area (Å²) < 4.78 is 27.6. The van der Waals surface area contributed by atoms with E-state index in [-0.39, 0.29) is 17.6 Å². The van der Waals surface area contributed by atoms with Crippen molar-refractivity contribution in [3.05, 3.63) is 60.7 Å². The van der Waals surface area contributed by atoms with E-state index < -0.39 is 32.2 Å². The molecule has 0 saturated heterocycles. The van der Waals surface area contributed by atoms with Crippen LogP contribution in [0.2, 0.25) is 5.04 Å². The number of ether oxygens (including phenoxy) is 1. The third-order valence-electron chi connectivity index (χ3n) is 6.19. The van der Waals surface area contributed by atoms with E-state index in [4.69, 9.17) is 9.16 Å². The zero-order valence-corrected chi connectivity index (χ0v) is 21.7. The molecule has 0 unspecified atom stereocenters. The number of benzene rings is 2. The Labute approximate surface area is 199 Å². The smallest absolute Gasteiger partial charge is 0.407 e. The molecule has 1 fully saturated rings. The summed E-state index contributed by atoms with van der Waals surface area (Å²) in [7, 11) is -2.73. The maximum Gasteiger partial charge on any atom is 0.407 e. The Morgan fingerprint density at radius 1 is 0.909 bits per heavy atom. The number of hydrogen-bond donors (Lipinski definition) is 1. The topological polar surface area (TPSA) is 47.6 Å². The normalized spacial score (nSPS) is 22.0. The SMILES string of the molecule is CC(C)(C)OC(=O)N[C@H]1CC[C@@H](O[Si](c2ccccc2)(c2ccccc2)C(C)(C)C)C[C@@H]1F. The van der Waals surface area contributed by atoms with Gasteiger partial charge in [-0.25, -0.2) is 9.18 Å². The monoisotopic (exact) mass is 471 g/mol. The quantitative estimate of drug-likeness (QED) is 0.598. The van der Waals surface area contributed by atoms with E-state index in [0.717, 1.165) is 0 Å². The van der Waals surface area contributed by atoms with Crippen molar-refractivity contribution in [1.82, 2.24) is 5.32 Å². The van der Waals surface area contributed by atoms with Crippen LogP contribution in [-0.2, 0) is 9.16 Å². The lowest BCUT2D eigenvalue weighted by molar-refractivity contribution is 0.0353. The zero-order chi connectivity index (χ0) is 24.3. The highest BCUT2D eigenvalue weighted by molar-refractivity contribution is 6.99.